The topological polar surface area (TPSA) is 75.7 Å². The number of Topliss-reactive ketones (excluding diaryl/α,β-unsaturated/α-hetero) is 1. The third-order valence-electron chi connectivity index (χ3n) is 2.93. The maximum absolute atomic E-state index is 12.4. The second kappa shape index (κ2) is 7.26. The smallest absolute Gasteiger partial charge is 0.408 e. The van der Waals surface area contributed by atoms with Crippen LogP contribution >= 0.6 is 0 Å². The van der Waals surface area contributed by atoms with Crippen LogP contribution < -0.4 is 5.32 Å². The van der Waals surface area contributed by atoms with Gasteiger partial charge in [-0.25, -0.2) is 4.79 Å². The highest BCUT2D eigenvalue weighted by molar-refractivity contribution is 6.03. The molecule has 0 aliphatic rings. The predicted octanol–water partition coefficient (Wildman–Crippen LogP) is 2.48. The molecule has 6 heteroatoms. The average Bonchev–Trinajstić information content (AvgIpc) is 2.43. The van der Waals surface area contributed by atoms with Crippen LogP contribution in [0, 0.1) is 0 Å². The van der Waals surface area contributed by atoms with E-state index in [1.807, 2.05) is 0 Å². The van der Waals surface area contributed by atoms with Crippen LogP contribution in [-0.4, -0.2) is 48.4 Å². The zero-order valence-electron chi connectivity index (χ0n) is 14.5. The molecule has 1 aromatic carbocycles. The Bertz CT molecular complexity index is 603. The summed E-state index contributed by atoms with van der Waals surface area (Å²) in [5.74, 6) is -0.475. The van der Waals surface area contributed by atoms with Crippen molar-refractivity contribution < 1.29 is 19.1 Å². The molecular formula is C17H24N2O4. The lowest BCUT2D eigenvalue weighted by Gasteiger charge is -2.21. The number of nitrogens with zero attached hydrogens (tertiary/aromatic N) is 1. The molecule has 0 fully saturated rings. The Morgan fingerprint density at radius 1 is 1.13 bits per heavy atom. The third kappa shape index (κ3) is 5.73. The highest BCUT2D eigenvalue weighted by atomic mass is 16.6. The number of carbonyl (C=O) groups excluding carboxylic acids is 3. The van der Waals surface area contributed by atoms with E-state index in [2.05, 4.69) is 5.32 Å². The summed E-state index contributed by atoms with van der Waals surface area (Å²) in [6.45, 7) is 6.81. The van der Waals surface area contributed by atoms with Crippen molar-refractivity contribution in [2.75, 3.05) is 14.1 Å². The largest absolute Gasteiger partial charge is 0.444 e. The van der Waals surface area contributed by atoms with Crippen LogP contribution in [0.5, 0.6) is 0 Å². The molecule has 126 valence electrons. The molecule has 23 heavy (non-hydrogen) atoms. The fraction of sp³-hybridized carbons (Fsp3) is 0.471. The molecule has 0 bridgehead atoms. The number of hydrogen-bond donors (Lipinski definition) is 1. The molecule has 0 spiro atoms. The van der Waals surface area contributed by atoms with Gasteiger partial charge in [0.25, 0.3) is 5.91 Å². The number of hydrogen-bond acceptors (Lipinski definition) is 4. The molecule has 6 nitrogen and oxygen atoms in total. The Kier molecular flexibility index (Phi) is 5.90. The van der Waals surface area contributed by atoms with Gasteiger partial charge in [-0.05, 0) is 39.8 Å². The quantitative estimate of drug-likeness (QED) is 0.865. The van der Waals surface area contributed by atoms with Crippen molar-refractivity contribution in [3.63, 3.8) is 0 Å². The van der Waals surface area contributed by atoms with Gasteiger partial charge in [0.2, 0.25) is 0 Å². The van der Waals surface area contributed by atoms with Gasteiger partial charge in [-0.1, -0.05) is 12.1 Å². The highest BCUT2D eigenvalue weighted by Gasteiger charge is 2.22. The summed E-state index contributed by atoms with van der Waals surface area (Å²) in [4.78, 5) is 37.5. The molecule has 1 N–H and O–H groups in total. The van der Waals surface area contributed by atoms with Gasteiger partial charge in [-0.3, -0.25) is 9.59 Å². The van der Waals surface area contributed by atoms with Gasteiger partial charge in [-0.15, -0.1) is 0 Å². The van der Waals surface area contributed by atoms with Crippen LogP contribution in [0.25, 0.3) is 0 Å². The molecule has 0 radical (unpaired) electrons. The van der Waals surface area contributed by atoms with Gasteiger partial charge in [0.05, 0.1) is 6.04 Å². The highest BCUT2D eigenvalue weighted by Crippen LogP contribution is 2.11. The van der Waals surface area contributed by atoms with Crippen LogP contribution in [0.2, 0.25) is 0 Å². The Hall–Kier alpha value is -2.37. The van der Waals surface area contributed by atoms with Crippen molar-refractivity contribution in [2.24, 2.45) is 0 Å². The van der Waals surface area contributed by atoms with Crippen LogP contribution in [0.1, 0.15) is 48.4 Å². The third-order valence-corrected chi connectivity index (χ3v) is 2.93. The molecule has 1 rings (SSSR count). The number of amides is 2. The monoisotopic (exact) mass is 320 g/mol. The summed E-state index contributed by atoms with van der Waals surface area (Å²) >= 11 is 0. The first-order chi connectivity index (χ1) is 10.5. The summed E-state index contributed by atoms with van der Waals surface area (Å²) < 4.78 is 5.12. The number of ketones is 1. The summed E-state index contributed by atoms with van der Waals surface area (Å²) in [6, 6.07) is 5.67. The maximum atomic E-state index is 12.4. The summed E-state index contributed by atoms with van der Waals surface area (Å²) in [5, 5.41) is 2.50. The Labute approximate surface area is 136 Å². The minimum Gasteiger partial charge on any atom is -0.444 e. The Balaban J connectivity index is 2.83. The number of nitrogens with one attached hydrogen (secondary N) is 1. The lowest BCUT2D eigenvalue weighted by atomic mass is 10.0. The lowest BCUT2D eigenvalue weighted by molar-refractivity contribution is 0.0496. The molecule has 1 atom stereocenters. The summed E-state index contributed by atoms with van der Waals surface area (Å²) in [5.41, 5.74) is 0.150. The van der Waals surface area contributed by atoms with Gasteiger partial charge in [0.15, 0.2) is 5.78 Å². The Morgan fingerprint density at radius 3 is 2.22 bits per heavy atom. The molecule has 0 heterocycles. The molecular weight excluding hydrogens is 296 g/mol. The summed E-state index contributed by atoms with van der Waals surface area (Å²) in [7, 11) is 3.28. The minimum atomic E-state index is -0.755. The van der Waals surface area contributed by atoms with Crippen molar-refractivity contribution in [3.8, 4) is 0 Å². The van der Waals surface area contributed by atoms with Crippen LogP contribution in [-0.2, 0) is 4.74 Å². The van der Waals surface area contributed by atoms with Crippen LogP contribution in [0.15, 0.2) is 24.3 Å². The fourth-order valence-electron chi connectivity index (χ4n) is 1.86. The van der Waals surface area contributed by atoms with Crippen LogP contribution in [0.3, 0.4) is 0 Å². The van der Waals surface area contributed by atoms with Crippen LogP contribution in [0.4, 0.5) is 4.79 Å². The predicted molar refractivity (Wildman–Crippen MR) is 87.6 cm³/mol. The first-order valence-corrected chi connectivity index (χ1v) is 7.36. The second-order valence-electron chi connectivity index (χ2n) is 6.51. The van der Waals surface area contributed by atoms with Gasteiger partial charge in [-0.2, -0.15) is 0 Å². The summed E-state index contributed by atoms with van der Waals surface area (Å²) in [6.07, 6.45) is -0.654. The average molecular weight is 320 g/mol. The molecule has 1 aromatic rings. The van der Waals surface area contributed by atoms with E-state index >= 15 is 0 Å². The van der Waals surface area contributed by atoms with Crippen molar-refractivity contribution in [3.05, 3.63) is 35.4 Å². The first-order valence-electron chi connectivity index (χ1n) is 7.36. The molecule has 0 aliphatic heterocycles. The van der Waals surface area contributed by atoms with E-state index in [9.17, 15) is 14.4 Å². The lowest BCUT2D eigenvalue weighted by Crippen LogP contribution is -2.41. The van der Waals surface area contributed by atoms with Crippen molar-refractivity contribution in [1.29, 1.82) is 0 Å². The van der Waals surface area contributed by atoms with Gasteiger partial charge in [0.1, 0.15) is 5.60 Å². The number of alkyl carbamates (subject to hydrolysis) is 1. The Morgan fingerprint density at radius 2 is 1.70 bits per heavy atom. The van der Waals surface area contributed by atoms with Gasteiger partial charge in [0, 0.05) is 25.2 Å². The van der Waals surface area contributed by atoms with E-state index in [0.717, 1.165) is 0 Å². The van der Waals surface area contributed by atoms with E-state index < -0.39 is 17.7 Å². The fourth-order valence-corrected chi connectivity index (χ4v) is 1.86. The number of benzene rings is 1. The molecule has 0 saturated carbocycles. The van der Waals surface area contributed by atoms with E-state index in [1.165, 1.54) is 11.0 Å². The van der Waals surface area contributed by atoms with E-state index in [-0.39, 0.29) is 11.7 Å². The normalized spacial score (nSPS) is 12.3. The molecule has 0 aromatic heterocycles. The molecule has 0 saturated heterocycles. The molecule has 1 unspecified atom stereocenters. The van der Waals surface area contributed by atoms with E-state index in [1.54, 1.807) is 60.0 Å². The van der Waals surface area contributed by atoms with Crippen molar-refractivity contribution in [2.45, 2.75) is 39.3 Å². The standard InChI is InChI=1S/C17H24N2O4/c1-11(18-16(22)23-17(2,3)4)14(20)12-8-7-9-13(10-12)15(21)19(5)6/h7-11H,1-6H3,(H,18,22). The SMILES string of the molecule is CC(NC(=O)OC(C)(C)C)C(=O)c1cccc(C(=O)N(C)C)c1. The van der Waals surface area contributed by atoms with E-state index in [4.69, 9.17) is 4.74 Å². The second-order valence-corrected chi connectivity index (χ2v) is 6.51. The van der Waals surface area contributed by atoms with Gasteiger partial charge >= 0.3 is 6.09 Å². The van der Waals surface area contributed by atoms with Crippen molar-refractivity contribution >= 4 is 17.8 Å². The number of carbonyl (C=O) groups is 3. The minimum absolute atomic E-state index is 0.188. The zero-order chi connectivity index (χ0) is 17.8. The molecule has 2 amide bonds. The van der Waals surface area contributed by atoms with Crippen molar-refractivity contribution in [1.82, 2.24) is 10.2 Å². The number of ether oxygens (including phenoxy) is 1. The zero-order valence-corrected chi connectivity index (χ0v) is 14.5. The first kappa shape index (κ1) is 18.7. The maximum Gasteiger partial charge on any atom is 0.408 e. The van der Waals surface area contributed by atoms with Gasteiger partial charge < -0.3 is 15.0 Å². The molecule has 0 aliphatic carbocycles. The number of rotatable bonds is 4. The van der Waals surface area contributed by atoms with E-state index in [0.29, 0.717) is 11.1 Å².